The molecule has 0 aromatic heterocycles. The Hall–Kier alpha value is -1.92. The molecular formula is C17H20ClNO4S. The fourth-order valence-electron chi connectivity index (χ4n) is 2.25. The van der Waals surface area contributed by atoms with E-state index < -0.39 is 10.0 Å². The van der Waals surface area contributed by atoms with Crippen LogP contribution in [0.2, 0.25) is 5.02 Å². The van der Waals surface area contributed by atoms with Gasteiger partial charge in [-0.15, -0.1) is 0 Å². The molecule has 5 nitrogen and oxygen atoms in total. The van der Waals surface area contributed by atoms with Gasteiger partial charge < -0.3 is 9.47 Å². The van der Waals surface area contributed by atoms with E-state index in [0.29, 0.717) is 28.6 Å². The first-order valence-electron chi connectivity index (χ1n) is 7.32. The Morgan fingerprint density at radius 3 is 2.38 bits per heavy atom. The van der Waals surface area contributed by atoms with E-state index in [9.17, 15) is 8.42 Å². The predicted octanol–water partition coefficient (Wildman–Crippen LogP) is 3.65. The van der Waals surface area contributed by atoms with E-state index in [4.69, 9.17) is 21.1 Å². The van der Waals surface area contributed by atoms with E-state index in [0.717, 1.165) is 11.1 Å². The first kappa shape index (κ1) is 18.4. The predicted molar refractivity (Wildman–Crippen MR) is 96.8 cm³/mol. The molecule has 0 spiro atoms. The van der Waals surface area contributed by atoms with E-state index in [1.165, 1.54) is 0 Å². The standard InChI is InChI=1S/C17H20ClNO4S/c1-12-10-14(18)5-6-15(12)19-24(20,21)9-8-13-4-7-16(22-2)17(11-13)23-3/h4-7,10-11,19H,8-9H2,1-3H3. The summed E-state index contributed by atoms with van der Waals surface area (Å²) in [6, 6.07) is 10.4. The van der Waals surface area contributed by atoms with Gasteiger partial charge in [-0.2, -0.15) is 0 Å². The van der Waals surface area contributed by atoms with Gasteiger partial charge in [0.1, 0.15) is 0 Å². The zero-order valence-corrected chi connectivity index (χ0v) is 15.4. The van der Waals surface area contributed by atoms with Crippen molar-refractivity contribution in [3.05, 3.63) is 52.5 Å². The molecule has 0 bridgehead atoms. The molecule has 2 aromatic rings. The first-order chi connectivity index (χ1) is 11.3. The first-order valence-corrected chi connectivity index (χ1v) is 9.35. The highest BCUT2D eigenvalue weighted by Crippen LogP contribution is 2.28. The van der Waals surface area contributed by atoms with Gasteiger partial charge in [-0.1, -0.05) is 17.7 Å². The third-order valence-electron chi connectivity index (χ3n) is 3.56. The minimum Gasteiger partial charge on any atom is -0.493 e. The highest BCUT2D eigenvalue weighted by Gasteiger charge is 2.13. The molecule has 24 heavy (non-hydrogen) atoms. The molecule has 0 atom stereocenters. The van der Waals surface area contributed by atoms with Crippen LogP contribution in [0.1, 0.15) is 11.1 Å². The Morgan fingerprint density at radius 1 is 1.04 bits per heavy atom. The van der Waals surface area contributed by atoms with Crippen molar-refractivity contribution in [1.82, 2.24) is 0 Å². The molecule has 1 N–H and O–H groups in total. The van der Waals surface area contributed by atoms with Crippen molar-refractivity contribution in [2.45, 2.75) is 13.3 Å². The minimum atomic E-state index is -3.47. The van der Waals surface area contributed by atoms with Crippen LogP contribution in [0.4, 0.5) is 5.69 Å². The maximum Gasteiger partial charge on any atom is 0.233 e. The van der Waals surface area contributed by atoms with Crippen molar-refractivity contribution in [1.29, 1.82) is 0 Å². The van der Waals surface area contributed by atoms with Crippen LogP contribution >= 0.6 is 11.6 Å². The number of sulfonamides is 1. The zero-order valence-electron chi connectivity index (χ0n) is 13.8. The number of hydrogen-bond donors (Lipinski definition) is 1. The number of rotatable bonds is 7. The highest BCUT2D eigenvalue weighted by atomic mass is 35.5. The minimum absolute atomic E-state index is 0.0372. The Kier molecular flexibility index (Phi) is 5.96. The molecule has 0 aliphatic rings. The number of halogens is 1. The lowest BCUT2D eigenvalue weighted by Gasteiger charge is -2.12. The summed E-state index contributed by atoms with van der Waals surface area (Å²) >= 11 is 5.88. The van der Waals surface area contributed by atoms with Crippen molar-refractivity contribution in [3.8, 4) is 11.5 Å². The summed E-state index contributed by atoms with van der Waals surface area (Å²) < 4.78 is 37.6. The topological polar surface area (TPSA) is 64.6 Å². The van der Waals surface area contributed by atoms with E-state index in [-0.39, 0.29) is 5.75 Å². The van der Waals surface area contributed by atoms with Gasteiger partial charge in [-0.3, -0.25) is 4.72 Å². The summed E-state index contributed by atoms with van der Waals surface area (Å²) in [6.45, 7) is 1.80. The fraction of sp³-hybridized carbons (Fsp3) is 0.294. The molecule has 0 unspecified atom stereocenters. The number of anilines is 1. The van der Waals surface area contributed by atoms with E-state index in [1.54, 1.807) is 51.5 Å². The van der Waals surface area contributed by atoms with Gasteiger partial charge in [0.2, 0.25) is 10.0 Å². The summed E-state index contributed by atoms with van der Waals surface area (Å²) in [5.41, 5.74) is 2.16. The lowest BCUT2D eigenvalue weighted by Crippen LogP contribution is -2.18. The molecule has 0 amide bonds. The number of methoxy groups -OCH3 is 2. The molecule has 0 aliphatic heterocycles. The van der Waals surface area contributed by atoms with Gasteiger partial charge >= 0.3 is 0 Å². The Morgan fingerprint density at radius 2 is 1.75 bits per heavy atom. The second kappa shape index (κ2) is 7.77. The number of ether oxygens (including phenoxy) is 2. The van der Waals surface area contributed by atoms with Gasteiger partial charge in [0, 0.05) is 5.02 Å². The molecule has 0 heterocycles. The van der Waals surface area contributed by atoms with Gasteiger partial charge in [0.05, 0.1) is 25.7 Å². The average Bonchev–Trinajstić information content (AvgIpc) is 2.55. The summed E-state index contributed by atoms with van der Waals surface area (Å²) in [4.78, 5) is 0. The lowest BCUT2D eigenvalue weighted by molar-refractivity contribution is 0.354. The molecular weight excluding hydrogens is 350 g/mol. The van der Waals surface area contributed by atoms with Crippen LogP contribution in [-0.4, -0.2) is 28.4 Å². The van der Waals surface area contributed by atoms with Crippen LogP contribution in [0.15, 0.2) is 36.4 Å². The van der Waals surface area contributed by atoms with Crippen LogP contribution in [0.5, 0.6) is 11.5 Å². The van der Waals surface area contributed by atoms with Crippen molar-refractivity contribution < 1.29 is 17.9 Å². The fourth-order valence-corrected chi connectivity index (χ4v) is 3.65. The summed E-state index contributed by atoms with van der Waals surface area (Å²) in [6.07, 6.45) is 0.363. The highest BCUT2D eigenvalue weighted by molar-refractivity contribution is 7.92. The van der Waals surface area contributed by atoms with Crippen molar-refractivity contribution in [3.63, 3.8) is 0 Å². The van der Waals surface area contributed by atoms with E-state index in [1.807, 2.05) is 6.07 Å². The molecule has 0 radical (unpaired) electrons. The molecule has 130 valence electrons. The van der Waals surface area contributed by atoms with Crippen LogP contribution in [-0.2, 0) is 16.4 Å². The number of hydrogen-bond acceptors (Lipinski definition) is 4. The number of aryl methyl sites for hydroxylation is 2. The van der Waals surface area contributed by atoms with Crippen LogP contribution in [0, 0.1) is 6.92 Å². The van der Waals surface area contributed by atoms with Gasteiger partial charge in [0.25, 0.3) is 0 Å². The maximum absolute atomic E-state index is 12.3. The smallest absolute Gasteiger partial charge is 0.233 e. The third-order valence-corrected chi connectivity index (χ3v) is 5.07. The molecule has 7 heteroatoms. The molecule has 0 fully saturated rings. The molecule has 0 saturated carbocycles. The van der Waals surface area contributed by atoms with Crippen LogP contribution < -0.4 is 14.2 Å². The average molecular weight is 370 g/mol. The summed E-state index contributed by atoms with van der Waals surface area (Å²) in [5, 5.41) is 0.570. The molecule has 0 saturated heterocycles. The summed E-state index contributed by atoms with van der Waals surface area (Å²) in [7, 11) is -0.368. The largest absolute Gasteiger partial charge is 0.493 e. The van der Waals surface area contributed by atoms with Gasteiger partial charge in [-0.25, -0.2) is 8.42 Å². The summed E-state index contributed by atoms with van der Waals surface area (Å²) in [5.74, 6) is 1.15. The normalized spacial score (nSPS) is 11.2. The second-order valence-electron chi connectivity index (χ2n) is 5.32. The zero-order chi connectivity index (χ0) is 17.7. The Balaban J connectivity index is 2.07. The molecule has 2 rings (SSSR count). The van der Waals surface area contributed by atoms with Crippen molar-refractivity contribution in [2.24, 2.45) is 0 Å². The SMILES string of the molecule is COc1ccc(CCS(=O)(=O)Nc2ccc(Cl)cc2C)cc1OC. The Labute approximate surface area is 147 Å². The van der Waals surface area contributed by atoms with Crippen LogP contribution in [0.25, 0.3) is 0 Å². The monoisotopic (exact) mass is 369 g/mol. The number of benzene rings is 2. The van der Waals surface area contributed by atoms with Crippen molar-refractivity contribution >= 4 is 27.3 Å². The molecule has 0 aliphatic carbocycles. The Bertz CT molecular complexity index is 821. The van der Waals surface area contributed by atoms with E-state index in [2.05, 4.69) is 4.72 Å². The second-order valence-corrected chi connectivity index (χ2v) is 7.60. The maximum atomic E-state index is 12.3. The number of nitrogens with one attached hydrogen (secondary N) is 1. The van der Waals surface area contributed by atoms with Gasteiger partial charge in [-0.05, 0) is 54.8 Å². The van der Waals surface area contributed by atoms with E-state index >= 15 is 0 Å². The lowest BCUT2D eigenvalue weighted by atomic mass is 10.1. The van der Waals surface area contributed by atoms with Crippen molar-refractivity contribution in [2.75, 3.05) is 24.7 Å². The molecule has 2 aromatic carbocycles. The van der Waals surface area contributed by atoms with Crippen LogP contribution in [0.3, 0.4) is 0 Å². The van der Waals surface area contributed by atoms with Gasteiger partial charge in [0.15, 0.2) is 11.5 Å². The quantitative estimate of drug-likeness (QED) is 0.809. The third kappa shape index (κ3) is 4.79.